The van der Waals surface area contributed by atoms with Crippen LogP contribution in [0.25, 0.3) is 11.4 Å². The van der Waals surface area contributed by atoms with Crippen LogP contribution in [0.3, 0.4) is 0 Å². The van der Waals surface area contributed by atoms with Crippen LogP contribution in [0.4, 0.5) is 13.2 Å². The summed E-state index contributed by atoms with van der Waals surface area (Å²) in [5.41, 5.74) is -4.16. The summed E-state index contributed by atoms with van der Waals surface area (Å²) < 4.78 is 64.7. The topological polar surface area (TPSA) is 69.2 Å². The van der Waals surface area contributed by atoms with E-state index in [9.17, 15) is 21.6 Å². The quantitative estimate of drug-likeness (QED) is 0.757. The molecule has 23 heavy (non-hydrogen) atoms. The SMILES string of the molecule is CCS(=O)(=O)c1cccnc1-c1ccc(OSC(F)(F)F)cn1. The minimum Gasteiger partial charge on any atom is -0.415 e. The van der Waals surface area contributed by atoms with E-state index in [1.807, 2.05) is 0 Å². The molecule has 10 heteroatoms. The van der Waals surface area contributed by atoms with Crippen molar-refractivity contribution in [2.45, 2.75) is 17.3 Å². The number of hydrogen-bond acceptors (Lipinski definition) is 6. The first kappa shape index (κ1) is 17.5. The van der Waals surface area contributed by atoms with Crippen molar-refractivity contribution in [3.8, 4) is 17.1 Å². The third kappa shape index (κ3) is 4.58. The fourth-order valence-corrected chi connectivity index (χ4v) is 2.99. The molecule has 0 N–H and O–H groups in total. The molecule has 0 aromatic carbocycles. The molecule has 0 aliphatic heterocycles. The van der Waals surface area contributed by atoms with Gasteiger partial charge >= 0.3 is 5.51 Å². The number of hydrogen-bond donors (Lipinski definition) is 0. The van der Waals surface area contributed by atoms with E-state index in [0.717, 1.165) is 6.20 Å². The lowest BCUT2D eigenvalue weighted by Crippen LogP contribution is -2.07. The second kappa shape index (κ2) is 6.75. The van der Waals surface area contributed by atoms with Gasteiger partial charge in [-0.3, -0.25) is 9.97 Å². The molecule has 0 spiro atoms. The van der Waals surface area contributed by atoms with E-state index in [1.54, 1.807) is 0 Å². The molecule has 124 valence electrons. The number of rotatable bonds is 5. The van der Waals surface area contributed by atoms with Gasteiger partial charge < -0.3 is 4.18 Å². The van der Waals surface area contributed by atoms with Crippen LogP contribution in [0, 0.1) is 0 Å². The van der Waals surface area contributed by atoms with Gasteiger partial charge in [0, 0.05) is 6.20 Å². The molecule has 2 aromatic rings. The average Bonchev–Trinajstić information content (AvgIpc) is 2.53. The Hall–Kier alpha value is -1.81. The Kier molecular flexibility index (Phi) is 5.15. The third-order valence-corrected chi connectivity index (χ3v) is 4.92. The Morgan fingerprint density at radius 2 is 1.96 bits per heavy atom. The Labute approximate surface area is 135 Å². The Balaban J connectivity index is 2.31. The average molecular weight is 364 g/mol. The highest BCUT2D eigenvalue weighted by Gasteiger charge is 2.31. The first-order valence-corrected chi connectivity index (χ1v) is 8.69. The van der Waals surface area contributed by atoms with Crippen molar-refractivity contribution in [2.75, 3.05) is 5.75 Å². The summed E-state index contributed by atoms with van der Waals surface area (Å²) in [6, 6.07) is 5.51. The van der Waals surface area contributed by atoms with Gasteiger partial charge in [-0.15, -0.1) is 0 Å². The van der Waals surface area contributed by atoms with E-state index >= 15 is 0 Å². The molecular formula is C13H11F3N2O3S2. The molecule has 0 aliphatic carbocycles. The van der Waals surface area contributed by atoms with E-state index < -0.39 is 27.4 Å². The lowest BCUT2D eigenvalue weighted by Gasteiger charge is -2.09. The predicted octanol–water partition coefficient (Wildman–Crippen LogP) is 3.48. The zero-order valence-electron chi connectivity index (χ0n) is 11.7. The monoisotopic (exact) mass is 364 g/mol. The van der Waals surface area contributed by atoms with E-state index in [0.29, 0.717) is 0 Å². The van der Waals surface area contributed by atoms with Crippen molar-refractivity contribution in [3.63, 3.8) is 0 Å². The smallest absolute Gasteiger partial charge is 0.415 e. The van der Waals surface area contributed by atoms with Crippen molar-refractivity contribution >= 4 is 21.9 Å². The largest absolute Gasteiger partial charge is 0.479 e. The minimum atomic E-state index is -4.53. The Bertz CT molecular complexity index is 778. The van der Waals surface area contributed by atoms with Crippen molar-refractivity contribution in [1.82, 2.24) is 9.97 Å². The van der Waals surface area contributed by atoms with Gasteiger partial charge in [-0.25, -0.2) is 8.42 Å². The predicted molar refractivity (Wildman–Crippen MR) is 79.5 cm³/mol. The Morgan fingerprint density at radius 3 is 2.52 bits per heavy atom. The first-order chi connectivity index (χ1) is 10.7. The van der Waals surface area contributed by atoms with Gasteiger partial charge in [-0.05, 0) is 24.3 Å². The molecule has 2 aromatic heterocycles. The van der Waals surface area contributed by atoms with Crippen LogP contribution >= 0.6 is 12.0 Å². The Morgan fingerprint density at radius 1 is 1.22 bits per heavy atom. The van der Waals surface area contributed by atoms with Gasteiger partial charge in [-0.1, -0.05) is 6.92 Å². The summed E-state index contributed by atoms with van der Waals surface area (Å²) in [5.74, 6) is -0.207. The van der Waals surface area contributed by atoms with Crippen LogP contribution in [-0.4, -0.2) is 29.6 Å². The normalized spacial score (nSPS) is 12.2. The summed E-state index contributed by atoms with van der Waals surface area (Å²) in [6.07, 6.45) is 2.49. The van der Waals surface area contributed by atoms with Gasteiger partial charge in [0.15, 0.2) is 27.6 Å². The third-order valence-electron chi connectivity index (χ3n) is 2.70. The zero-order chi connectivity index (χ0) is 17.1. The second-order valence-electron chi connectivity index (χ2n) is 4.25. The fraction of sp³-hybridized carbons (Fsp3) is 0.231. The van der Waals surface area contributed by atoms with Crippen LogP contribution in [0.1, 0.15) is 6.92 Å². The zero-order valence-corrected chi connectivity index (χ0v) is 13.4. The van der Waals surface area contributed by atoms with Crippen LogP contribution in [-0.2, 0) is 9.84 Å². The molecule has 0 saturated carbocycles. The molecule has 0 unspecified atom stereocenters. The summed E-state index contributed by atoms with van der Waals surface area (Å²) in [4.78, 5) is 7.96. The first-order valence-electron chi connectivity index (χ1n) is 6.29. The number of nitrogens with zero attached hydrogens (tertiary/aromatic N) is 2. The lowest BCUT2D eigenvalue weighted by atomic mass is 10.2. The van der Waals surface area contributed by atoms with Gasteiger partial charge in [-0.2, -0.15) is 13.2 Å². The number of sulfone groups is 1. The summed E-state index contributed by atoms with van der Waals surface area (Å²) in [5, 5.41) is 0. The molecule has 5 nitrogen and oxygen atoms in total. The van der Waals surface area contributed by atoms with E-state index in [1.165, 1.54) is 37.4 Å². The van der Waals surface area contributed by atoms with Crippen LogP contribution in [0.2, 0.25) is 0 Å². The molecule has 2 rings (SSSR count). The highest BCUT2D eigenvalue weighted by atomic mass is 32.2. The van der Waals surface area contributed by atoms with Crippen molar-refractivity contribution in [2.24, 2.45) is 0 Å². The molecule has 2 heterocycles. The maximum atomic E-state index is 12.1. The van der Waals surface area contributed by atoms with E-state index in [2.05, 4.69) is 14.2 Å². The maximum absolute atomic E-state index is 12.1. The van der Waals surface area contributed by atoms with Crippen LogP contribution < -0.4 is 4.18 Å². The number of halogens is 3. The van der Waals surface area contributed by atoms with Gasteiger partial charge in [0.2, 0.25) is 0 Å². The van der Waals surface area contributed by atoms with E-state index in [-0.39, 0.29) is 27.8 Å². The van der Waals surface area contributed by atoms with Crippen molar-refractivity contribution in [3.05, 3.63) is 36.7 Å². The highest BCUT2D eigenvalue weighted by molar-refractivity contribution is 7.95. The summed E-state index contributed by atoms with van der Waals surface area (Å²) in [7, 11) is -3.50. The molecule has 0 amide bonds. The van der Waals surface area contributed by atoms with Gasteiger partial charge in [0.25, 0.3) is 0 Å². The molecule has 0 radical (unpaired) electrons. The molecule has 0 fully saturated rings. The molecule has 0 bridgehead atoms. The number of alkyl halides is 3. The fourth-order valence-electron chi connectivity index (χ4n) is 1.65. The second-order valence-corrected chi connectivity index (χ2v) is 7.29. The molecule has 0 atom stereocenters. The lowest BCUT2D eigenvalue weighted by molar-refractivity contribution is -0.0369. The van der Waals surface area contributed by atoms with Crippen LogP contribution in [0.5, 0.6) is 5.75 Å². The number of aromatic nitrogens is 2. The maximum Gasteiger partial charge on any atom is 0.479 e. The standard InChI is InChI=1S/C13H11F3N2O3S2/c1-2-23(19,20)11-4-3-7-17-12(11)10-6-5-9(8-18-10)21-22-13(14,15)16/h3-8H,2H2,1H3. The van der Waals surface area contributed by atoms with Gasteiger partial charge in [0.05, 0.1) is 22.5 Å². The van der Waals surface area contributed by atoms with Crippen LogP contribution in [0.15, 0.2) is 41.6 Å². The van der Waals surface area contributed by atoms with Gasteiger partial charge in [0.1, 0.15) is 5.69 Å². The van der Waals surface area contributed by atoms with Crippen molar-refractivity contribution < 1.29 is 25.8 Å². The van der Waals surface area contributed by atoms with Crippen molar-refractivity contribution in [1.29, 1.82) is 0 Å². The van der Waals surface area contributed by atoms with E-state index in [4.69, 9.17) is 0 Å². The highest BCUT2D eigenvalue weighted by Crippen LogP contribution is 2.33. The summed E-state index contributed by atoms with van der Waals surface area (Å²) in [6.45, 7) is 1.50. The molecular weight excluding hydrogens is 353 g/mol. The molecule has 0 aliphatic rings. The summed E-state index contributed by atoms with van der Waals surface area (Å²) >= 11 is -0.652. The number of pyridine rings is 2. The minimum absolute atomic E-state index is 0.0216. The molecule has 0 saturated heterocycles.